The molecule has 0 saturated heterocycles. The van der Waals surface area contributed by atoms with Crippen LogP contribution in [0.2, 0.25) is 0 Å². The van der Waals surface area contributed by atoms with E-state index in [0.29, 0.717) is 0 Å². The molecule has 2 nitrogen and oxygen atoms in total. The summed E-state index contributed by atoms with van der Waals surface area (Å²) in [4.78, 5) is 5.16. The van der Waals surface area contributed by atoms with Crippen LogP contribution in [0.15, 0.2) is 570 Å². The largest absolute Gasteiger partial charge is 0.309 e. The van der Waals surface area contributed by atoms with Crippen molar-refractivity contribution in [3.05, 3.63) is 570 Å². The van der Waals surface area contributed by atoms with E-state index in [9.17, 15) is 0 Å². The molecule has 0 atom stereocenters. The Morgan fingerprint density at radius 1 is 0.114 bits per heavy atom. The monoisotopic (exact) mass is 1750 g/mol. The Kier molecular flexibility index (Phi) is 22.3. The van der Waals surface area contributed by atoms with Crippen LogP contribution in [0, 0.1) is 0 Å². The first-order chi connectivity index (χ1) is 65.5. The molecule has 0 heterocycles. The van der Waals surface area contributed by atoms with Crippen LogP contribution in [0.3, 0.4) is 0 Å². The van der Waals surface area contributed by atoms with Crippen LogP contribution in [-0.2, 0) is 0 Å². The zero-order valence-electron chi connectivity index (χ0n) is 73.2. The maximum Gasteiger partial charge on any atom is 0.179 e. The second-order valence-corrected chi connectivity index (χ2v) is 49.6. The first-order valence-corrected chi connectivity index (χ1v) is 53.8. The van der Waals surface area contributed by atoms with E-state index < -0.39 is 32.3 Å². The molecule has 0 spiro atoms. The molecular weight excluding hydrogens is 1650 g/mol. The van der Waals surface area contributed by atoms with Crippen LogP contribution in [0.5, 0.6) is 0 Å². The van der Waals surface area contributed by atoms with Crippen molar-refractivity contribution in [1.29, 1.82) is 0 Å². The van der Waals surface area contributed by atoms with Crippen molar-refractivity contribution in [2.45, 2.75) is 0 Å². The van der Waals surface area contributed by atoms with Gasteiger partial charge in [-0.05, 0) is 164 Å². The molecular formula is C126H94N2Si4. The van der Waals surface area contributed by atoms with Gasteiger partial charge in [-0.3, -0.25) is 0 Å². The zero-order chi connectivity index (χ0) is 88.1. The number of fused-ring (bicyclic) bond motifs is 5. The first-order valence-electron chi connectivity index (χ1n) is 45.8. The molecule has 0 aromatic heterocycles. The van der Waals surface area contributed by atoms with Crippen LogP contribution >= 0.6 is 0 Å². The van der Waals surface area contributed by atoms with E-state index in [1.165, 1.54) is 83.0 Å². The number of anilines is 6. The Morgan fingerprint density at radius 3 is 0.477 bits per heavy atom. The summed E-state index contributed by atoms with van der Waals surface area (Å²) in [5, 5.41) is 28.0. The Morgan fingerprint density at radius 2 is 0.273 bits per heavy atom. The number of nitrogens with zero attached hydrogens (tertiary/aromatic N) is 2. The Labute approximate surface area is 778 Å². The molecule has 22 rings (SSSR count). The minimum Gasteiger partial charge on any atom is -0.309 e. The van der Waals surface area contributed by atoms with Gasteiger partial charge in [0.25, 0.3) is 0 Å². The Hall–Kier alpha value is -15.9. The van der Waals surface area contributed by atoms with E-state index >= 15 is 0 Å². The lowest BCUT2D eigenvalue weighted by Crippen LogP contribution is -2.74. The lowest BCUT2D eigenvalue weighted by atomic mass is 9.92. The van der Waals surface area contributed by atoms with Gasteiger partial charge >= 0.3 is 0 Å². The summed E-state index contributed by atoms with van der Waals surface area (Å²) >= 11 is 0. The van der Waals surface area contributed by atoms with Crippen molar-refractivity contribution in [3.63, 3.8) is 0 Å². The molecule has 0 fully saturated rings. The SMILES string of the molecule is c1ccc([Si](c2ccccc2)(c2ccccc2)c2ccc(-c3ccccc3N(c3ccc([Si](c4ccccc4)(c4ccccc4)c4ccccc4)cc3)c3cc4c5ccccc5c(N(c5ccc([Si](c6ccccc6)(c6ccccc6)c6ccccc6)cc5)c5ccccc5-c5ccc([Si](c6ccccc6)(c6ccccc6)c6ccccc6)cc5)cc4c4ccccc34)cc2)cc1. The van der Waals surface area contributed by atoms with E-state index in [4.69, 9.17) is 0 Å². The quantitative estimate of drug-likeness (QED) is 0.0338. The fourth-order valence-electron chi connectivity index (χ4n) is 21.7. The van der Waals surface area contributed by atoms with Crippen molar-refractivity contribution in [2.75, 3.05) is 9.80 Å². The summed E-state index contributed by atoms with van der Waals surface area (Å²) in [6.45, 7) is 0. The summed E-state index contributed by atoms with van der Waals surface area (Å²) in [6.07, 6.45) is 0. The highest BCUT2D eigenvalue weighted by molar-refractivity contribution is 7.22. The highest BCUT2D eigenvalue weighted by atomic mass is 28.3. The van der Waals surface area contributed by atoms with E-state index in [-0.39, 0.29) is 0 Å². The van der Waals surface area contributed by atoms with Crippen molar-refractivity contribution in [2.24, 2.45) is 0 Å². The van der Waals surface area contributed by atoms with Gasteiger partial charge in [0, 0.05) is 33.3 Å². The average molecular weight is 1750 g/mol. The molecule has 22 aromatic carbocycles. The van der Waals surface area contributed by atoms with Gasteiger partial charge in [-0.25, -0.2) is 0 Å². The third-order valence-corrected chi connectivity index (χ3v) is 46.7. The fourth-order valence-corrected chi connectivity index (χ4v) is 40.7. The number of benzene rings is 22. The predicted molar refractivity (Wildman–Crippen MR) is 574 cm³/mol. The predicted octanol–water partition coefficient (Wildman–Crippen LogP) is 20.9. The summed E-state index contributed by atoms with van der Waals surface area (Å²) in [6, 6.07) is 216. The van der Waals surface area contributed by atoms with E-state index in [1.807, 2.05) is 0 Å². The minimum absolute atomic E-state index is 1.04. The van der Waals surface area contributed by atoms with E-state index in [1.54, 1.807) is 0 Å². The molecule has 624 valence electrons. The lowest BCUT2D eigenvalue weighted by Gasteiger charge is -2.35. The third kappa shape index (κ3) is 14.2. The number of hydrogen-bond donors (Lipinski definition) is 0. The van der Waals surface area contributed by atoms with Crippen LogP contribution in [0.25, 0.3) is 54.6 Å². The molecule has 0 aliphatic carbocycles. The van der Waals surface area contributed by atoms with E-state index in [2.05, 4.69) is 580 Å². The molecule has 22 aromatic rings. The van der Waals surface area contributed by atoms with Crippen molar-refractivity contribution < 1.29 is 0 Å². The van der Waals surface area contributed by atoms with Crippen LogP contribution in [-0.4, -0.2) is 32.3 Å². The maximum atomic E-state index is 2.58. The Balaban J connectivity index is 0.771. The summed E-state index contributed by atoms with van der Waals surface area (Å²) in [5.41, 5.74) is 10.8. The highest BCUT2D eigenvalue weighted by Gasteiger charge is 2.46. The summed E-state index contributed by atoms with van der Waals surface area (Å²) < 4.78 is 0. The van der Waals surface area contributed by atoms with Crippen molar-refractivity contribution in [3.8, 4) is 22.3 Å². The van der Waals surface area contributed by atoms with Crippen LogP contribution < -0.4 is 92.8 Å². The normalized spacial score (nSPS) is 11.8. The molecule has 0 aliphatic rings. The van der Waals surface area contributed by atoms with Gasteiger partial charge in [-0.1, -0.05) is 522 Å². The zero-order valence-corrected chi connectivity index (χ0v) is 77.2. The molecule has 0 amide bonds. The summed E-state index contributed by atoms with van der Waals surface area (Å²) in [7, 11) is -11.8. The molecule has 132 heavy (non-hydrogen) atoms. The summed E-state index contributed by atoms with van der Waals surface area (Å²) in [5.74, 6) is 0. The van der Waals surface area contributed by atoms with Gasteiger partial charge in [0.2, 0.25) is 0 Å². The molecule has 0 aliphatic heterocycles. The van der Waals surface area contributed by atoms with Gasteiger partial charge in [0.05, 0.1) is 22.7 Å². The topological polar surface area (TPSA) is 6.48 Å². The van der Waals surface area contributed by atoms with E-state index in [0.717, 1.165) is 88.7 Å². The standard InChI is InChI=1S/C126H94N2Si4/c1-13-45-99(46-14-1)129(100-47-15-2-16-48-100,101-49-17-3-18-50-101)111-85-77-95(78-86-111)115-69-41-43-75-123(115)127(97-81-89-113(90-82-97)131(105-57-25-7-26-58-105,106-59-27-8-28-60-106)107-61-29-9-30-62-107)125-93-121-118-72-38-40-74-120(118)126(94-122(121)117-71-37-39-73-119(117)125)128(98-83-91-114(92-84-98)132(108-63-31-10-32-64-108,109-65-33-11-34-66-109)110-67-35-12-36-68-110)124-76-44-42-70-116(124)96-79-87-112(88-80-96)130(102-51-19-4-20-52-102,103-53-21-5-22-54-103)104-55-23-6-24-56-104/h1-94H. The molecule has 0 saturated carbocycles. The molecule has 0 bridgehead atoms. The molecule has 0 N–H and O–H groups in total. The van der Waals surface area contributed by atoms with Crippen molar-refractivity contribution in [1.82, 2.24) is 0 Å². The Bertz CT molecular complexity index is 6880. The molecule has 0 unspecified atom stereocenters. The minimum atomic E-state index is -2.99. The van der Waals surface area contributed by atoms with Gasteiger partial charge in [-0.2, -0.15) is 0 Å². The number of hydrogen-bond acceptors (Lipinski definition) is 2. The van der Waals surface area contributed by atoms with Crippen molar-refractivity contribution >= 4 is 182 Å². The number of para-hydroxylation sites is 2. The number of rotatable bonds is 24. The fraction of sp³-hybridized carbons (Fsp3) is 0. The van der Waals surface area contributed by atoms with Crippen LogP contribution in [0.1, 0.15) is 0 Å². The second-order valence-electron chi connectivity index (χ2n) is 34.3. The first kappa shape index (κ1) is 81.8. The second kappa shape index (κ2) is 36.0. The van der Waals surface area contributed by atoms with Gasteiger partial charge < -0.3 is 9.80 Å². The third-order valence-electron chi connectivity index (χ3n) is 27.5. The van der Waals surface area contributed by atoms with Gasteiger partial charge in [0.1, 0.15) is 0 Å². The average Bonchev–Trinajstić information content (AvgIpc) is 0.512. The lowest BCUT2D eigenvalue weighted by molar-refractivity contribution is 1.30. The van der Waals surface area contributed by atoms with Crippen LogP contribution in [0.4, 0.5) is 34.1 Å². The maximum absolute atomic E-state index is 2.99. The molecule has 0 radical (unpaired) electrons. The van der Waals surface area contributed by atoms with Gasteiger partial charge in [-0.15, -0.1) is 0 Å². The smallest absolute Gasteiger partial charge is 0.179 e. The van der Waals surface area contributed by atoms with Gasteiger partial charge in [0.15, 0.2) is 32.3 Å². The highest BCUT2D eigenvalue weighted by Crippen LogP contribution is 2.50. The molecule has 6 heteroatoms.